The minimum Gasteiger partial charge on any atom is -0.280 e. The molecule has 0 unspecified atom stereocenters. The summed E-state index contributed by atoms with van der Waals surface area (Å²) < 4.78 is 64.7. The van der Waals surface area contributed by atoms with Crippen LogP contribution in [0.15, 0.2) is 53.4 Å². The van der Waals surface area contributed by atoms with Crippen LogP contribution in [0.5, 0.6) is 0 Å². The number of anilines is 1. The van der Waals surface area contributed by atoms with E-state index < -0.39 is 21.8 Å². The molecule has 3 nitrogen and oxygen atoms in total. The number of sulfonamides is 1. The number of hydrogen-bond acceptors (Lipinski definition) is 2. The van der Waals surface area contributed by atoms with Gasteiger partial charge in [-0.05, 0) is 47.4 Å². The second-order valence-electron chi connectivity index (χ2n) is 6.46. The Kier molecular flexibility index (Phi) is 4.68. The van der Waals surface area contributed by atoms with Crippen molar-refractivity contribution in [1.29, 1.82) is 0 Å². The average molecular weight is 357 g/mol. The molecule has 0 saturated carbocycles. The smallest absolute Gasteiger partial charge is 0.280 e. The molecule has 0 fully saturated rings. The molecule has 7 heteroatoms. The van der Waals surface area contributed by atoms with E-state index in [2.05, 4.69) is 4.72 Å². The molecule has 0 aliphatic rings. The summed E-state index contributed by atoms with van der Waals surface area (Å²) in [5, 5.41) is 0. The Hall–Kier alpha value is -2.02. The normalized spacial score (nSPS) is 12.9. The molecule has 0 radical (unpaired) electrons. The van der Waals surface area contributed by atoms with Gasteiger partial charge in [0.15, 0.2) is 0 Å². The molecule has 0 atom stereocenters. The Morgan fingerprint density at radius 3 is 1.96 bits per heavy atom. The highest BCUT2D eigenvalue weighted by atomic mass is 32.2. The first-order chi connectivity index (χ1) is 10.9. The highest BCUT2D eigenvalue weighted by Crippen LogP contribution is 2.30. The number of rotatable bonds is 3. The van der Waals surface area contributed by atoms with Crippen molar-refractivity contribution < 1.29 is 21.6 Å². The predicted octanol–water partition coefficient (Wildman–Crippen LogP) is 4.80. The molecule has 2 rings (SSSR count). The van der Waals surface area contributed by atoms with Gasteiger partial charge < -0.3 is 0 Å². The molecule has 0 aliphatic carbocycles. The maximum Gasteiger partial charge on any atom is 0.416 e. The van der Waals surface area contributed by atoms with Gasteiger partial charge in [-0.25, -0.2) is 8.42 Å². The van der Waals surface area contributed by atoms with E-state index in [1.165, 1.54) is 0 Å². The zero-order valence-electron chi connectivity index (χ0n) is 13.5. The quantitative estimate of drug-likeness (QED) is 0.857. The number of halogens is 3. The number of nitrogens with one attached hydrogen (secondary N) is 1. The van der Waals surface area contributed by atoms with E-state index in [9.17, 15) is 21.6 Å². The second kappa shape index (κ2) is 6.12. The number of alkyl halides is 3. The van der Waals surface area contributed by atoms with Crippen LogP contribution in [-0.2, 0) is 21.6 Å². The molecule has 0 saturated heterocycles. The standard InChI is InChI=1S/C17H18F3NO2S/c1-16(2,3)13-5-4-6-14(11-13)21-24(22,23)15-9-7-12(8-10-15)17(18,19)20/h4-11,21H,1-3H3. The predicted molar refractivity (Wildman–Crippen MR) is 87.4 cm³/mol. The van der Waals surface area contributed by atoms with Crippen molar-refractivity contribution in [3.8, 4) is 0 Å². The first-order valence-electron chi connectivity index (χ1n) is 7.20. The SMILES string of the molecule is CC(C)(C)c1cccc(NS(=O)(=O)c2ccc(C(F)(F)F)cc2)c1. The summed E-state index contributed by atoms with van der Waals surface area (Å²) in [7, 11) is -3.96. The Bertz CT molecular complexity index is 820. The van der Waals surface area contributed by atoms with Crippen LogP contribution < -0.4 is 4.72 Å². The molecule has 2 aromatic carbocycles. The van der Waals surface area contributed by atoms with E-state index in [1.54, 1.807) is 18.2 Å². The van der Waals surface area contributed by atoms with E-state index in [-0.39, 0.29) is 10.3 Å². The summed E-state index contributed by atoms with van der Waals surface area (Å²) in [6, 6.07) is 10.3. The van der Waals surface area contributed by atoms with Crippen molar-refractivity contribution >= 4 is 15.7 Å². The zero-order chi connectivity index (χ0) is 18.2. The van der Waals surface area contributed by atoms with Crippen molar-refractivity contribution in [1.82, 2.24) is 0 Å². The third kappa shape index (κ3) is 4.29. The molecule has 130 valence electrons. The van der Waals surface area contributed by atoms with Crippen LogP contribution in [0.1, 0.15) is 31.9 Å². The van der Waals surface area contributed by atoms with Gasteiger partial charge in [0.25, 0.3) is 10.0 Å². The van der Waals surface area contributed by atoms with Gasteiger partial charge in [0.05, 0.1) is 10.5 Å². The van der Waals surface area contributed by atoms with Crippen LogP contribution in [0.2, 0.25) is 0 Å². The summed E-state index contributed by atoms with van der Waals surface area (Å²) in [5.41, 5.74) is 0.254. The van der Waals surface area contributed by atoms with Crippen molar-refractivity contribution in [2.24, 2.45) is 0 Å². The minimum atomic E-state index is -4.50. The monoisotopic (exact) mass is 357 g/mol. The highest BCUT2D eigenvalue weighted by Gasteiger charge is 2.30. The summed E-state index contributed by atoms with van der Waals surface area (Å²) >= 11 is 0. The molecular formula is C17H18F3NO2S. The zero-order valence-corrected chi connectivity index (χ0v) is 14.3. The van der Waals surface area contributed by atoms with Crippen molar-refractivity contribution in [3.05, 3.63) is 59.7 Å². The molecule has 2 aromatic rings. The second-order valence-corrected chi connectivity index (χ2v) is 8.14. The summed E-state index contributed by atoms with van der Waals surface area (Å²) in [6.45, 7) is 5.99. The molecule has 1 N–H and O–H groups in total. The van der Waals surface area contributed by atoms with Crippen LogP contribution in [0.3, 0.4) is 0 Å². The van der Waals surface area contributed by atoms with Crippen LogP contribution in [-0.4, -0.2) is 8.42 Å². The van der Waals surface area contributed by atoms with E-state index >= 15 is 0 Å². The third-order valence-corrected chi connectivity index (χ3v) is 4.87. The number of benzene rings is 2. The lowest BCUT2D eigenvalue weighted by atomic mass is 9.87. The molecule has 0 aromatic heterocycles. The topological polar surface area (TPSA) is 46.2 Å². The minimum absolute atomic E-state index is 0.157. The van der Waals surface area contributed by atoms with E-state index in [0.717, 1.165) is 29.8 Å². The van der Waals surface area contributed by atoms with Gasteiger partial charge >= 0.3 is 6.18 Å². The summed E-state index contributed by atoms with van der Waals surface area (Å²) in [4.78, 5) is -0.225. The molecule has 0 amide bonds. The Balaban J connectivity index is 2.29. The summed E-state index contributed by atoms with van der Waals surface area (Å²) in [6.07, 6.45) is -4.50. The van der Waals surface area contributed by atoms with Crippen LogP contribution in [0.25, 0.3) is 0 Å². The third-order valence-electron chi connectivity index (χ3n) is 3.47. The molecule has 24 heavy (non-hydrogen) atoms. The molecule has 0 bridgehead atoms. The highest BCUT2D eigenvalue weighted by molar-refractivity contribution is 7.92. The van der Waals surface area contributed by atoms with Gasteiger partial charge in [-0.3, -0.25) is 4.72 Å². The van der Waals surface area contributed by atoms with Crippen LogP contribution in [0, 0.1) is 0 Å². The fourth-order valence-electron chi connectivity index (χ4n) is 2.09. The number of hydrogen-bond donors (Lipinski definition) is 1. The fraction of sp³-hybridized carbons (Fsp3) is 0.294. The average Bonchev–Trinajstić information content (AvgIpc) is 2.45. The van der Waals surface area contributed by atoms with Crippen molar-refractivity contribution in [2.45, 2.75) is 37.3 Å². The Labute approximate surface area is 139 Å². The van der Waals surface area contributed by atoms with E-state index in [1.807, 2.05) is 26.8 Å². The van der Waals surface area contributed by atoms with Gasteiger partial charge in [0, 0.05) is 5.69 Å². The lowest BCUT2D eigenvalue weighted by Crippen LogP contribution is -2.15. The first-order valence-corrected chi connectivity index (χ1v) is 8.68. The Morgan fingerprint density at radius 2 is 1.46 bits per heavy atom. The summed E-state index contributed by atoms with van der Waals surface area (Å²) in [5.74, 6) is 0. The molecule has 0 heterocycles. The van der Waals surface area contributed by atoms with Gasteiger partial charge in [-0.2, -0.15) is 13.2 Å². The largest absolute Gasteiger partial charge is 0.416 e. The molecule has 0 spiro atoms. The van der Waals surface area contributed by atoms with E-state index in [4.69, 9.17) is 0 Å². The van der Waals surface area contributed by atoms with Gasteiger partial charge in [0.1, 0.15) is 0 Å². The maximum absolute atomic E-state index is 12.6. The van der Waals surface area contributed by atoms with Gasteiger partial charge in [0.2, 0.25) is 0 Å². The van der Waals surface area contributed by atoms with Gasteiger partial charge in [-0.1, -0.05) is 32.9 Å². The Morgan fingerprint density at radius 1 is 0.875 bits per heavy atom. The lowest BCUT2D eigenvalue weighted by Gasteiger charge is -2.20. The fourth-order valence-corrected chi connectivity index (χ4v) is 3.14. The van der Waals surface area contributed by atoms with Crippen molar-refractivity contribution in [2.75, 3.05) is 4.72 Å². The molecule has 0 aliphatic heterocycles. The lowest BCUT2D eigenvalue weighted by molar-refractivity contribution is -0.137. The van der Waals surface area contributed by atoms with Crippen molar-refractivity contribution in [3.63, 3.8) is 0 Å². The maximum atomic E-state index is 12.6. The van der Waals surface area contributed by atoms with Crippen LogP contribution >= 0.6 is 0 Å². The van der Waals surface area contributed by atoms with E-state index in [0.29, 0.717) is 5.69 Å². The first kappa shape index (κ1) is 18.3. The van der Waals surface area contributed by atoms with Crippen LogP contribution in [0.4, 0.5) is 18.9 Å². The molecular weight excluding hydrogens is 339 g/mol. The van der Waals surface area contributed by atoms with Gasteiger partial charge in [-0.15, -0.1) is 0 Å².